The van der Waals surface area contributed by atoms with Gasteiger partial charge in [0.1, 0.15) is 5.75 Å². The van der Waals surface area contributed by atoms with Crippen LogP contribution in [0.25, 0.3) is 11.4 Å². The molecule has 0 unspecified atom stereocenters. The molecule has 1 aromatic heterocycles. The first-order chi connectivity index (χ1) is 13.7. The Kier molecular flexibility index (Phi) is 7.08. The molecule has 28 heavy (non-hydrogen) atoms. The molecule has 3 aromatic rings. The third-order valence-corrected chi connectivity index (χ3v) is 5.21. The highest BCUT2D eigenvalue weighted by atomic mass is 32.2. The van der Waals surface area contributed by atoms with E-state index in [0.717, 1.165) is 41.0 Å². The van der Waals surface area contributed by atoms with Crippen LogP contribution in [0.2, 0.25) is 0 Å². The maximum atomic E-state index is 11.1. The van der Waals surface area contributed by atoms with Crippen molar-refractivity contribution in [3.63, 3.8) is 0 Å². The molecule has 0 saturated carbocycles. The molecule has 0 fully saturated rings. The number of nitrogens with one attached hydrogen (secondary N) is 1. The van der Waals surface area contributed by atoms with Crippen LogP contribution in [0.1, 0.15) is 12.5 Å². The van der Waals surface area contributed by atoms with Gasteiger partial charge in [0.2, 0.25) is 5.91 Å². The second-order valence-electron chi connectivity index (χ2n) is 6.23. The lowest BCUT2D eigenvalue weighted by atomic mass is 10.1. The van der Waals surface area contributed by atoms with Crippen molar-refractivity contribution >= 4 is 17.7 Å². The first-order valence-electron chi connectivity index (χ1n) is 9.17. The molecule has 0 saturated heterocycles. The second kappa shape index (κ2) is 9.94. The first kappa shape index (κ1) is 19.9. The summed E-state index contributed by atoms with van der Waals surface area (Å²) in [5, 5.41) is 12.5. The van der Waals surface area contributed by atoms with Gasteiger partial charge in [0, 0.05) is 25.8 Å². The molecule has 0 bridgehead atoms. The lowest BCUT2D eigenvalue weighted by Crippen LogP contribution is -2.22. The fourth-order valence-corrected chi connectivity index (χ4v) is 3.70. The summed E-state index contributed by atoms with van der Waals surface area (Å²) >= 11 is 1.59. The van der Waals surface area contributed by atoms with E-state index < -0.39 is 0 Å². The number of hydrogen-bond acceptors (Lipinski definition) is 5. The molecule has 2 aromatic carbocycles. The maximum absolute atomic E-state index is 11.1. The van der Waals surface area contributed by atoms with Crippen molar-refractivity contribution in [1.82, 2.24) is 20.1 Å². The van der Waals surface area contributed by atoms with Crippen molar-refractivity contribution in [2.24, 2.45) is 0 Å². The minimum atomic E-state index is -0.0270. The highest BCUT2D eigenvalue weighted by molar-refractivity contribution is 7.99. The molecule has 0 aliphatic rings. The predicted octanol–water partition coefficient (Wildman–Crippen LogP) is 3.42. The van der Waals surface area contributed by atoms with E-state index in [4.69, 9.17) is 4.74 Å². The largest absolute Gasteiger partial charge is 0.496 e. The zero-order valence-corrected chi connectivity index (χ0v) is 16.9. The van der Waals surface area contributed by atoms with Crippen LogP contribution in [-0.2, 0) is 17.8 Å². The number of ether oxygens (including phenoxy) is 1. The van der Waals surface area contributed by atoms with Crippen LogP contribution >= 0.6 is 11.8 Å². The number of aryl methyl sites for hydroxylation is 1. The fraction of sp³-hybridized carbons (Fsp3) is 0.286. The molecule has 0 aliphatic carbocycles. The summed E-state index contributed by atoms with van der Waals surface area (Å²) in [7, 11) is 1.66. The minimum absolute atomic E-state index is 0.0270. The van der Waals surface area contributed by atoms with E-state index >= 15 is 0 Å². The zero-order valence-electron chi connectivity index (χ0n) is 16.1. The van der Waals surface area contributed by atoms with Gasteiger partial charge in [-0.1, -0.05) is 54.2 Å². The van der Waals surface area contributed by atoms with Crippen LogP contribution in [0, 0.1) is 0 Å². The van der Waals surface area contributed by atoms with Gasteiger partial charge in [0.05, 0.1) is 12.7 Å². The Morgan fingerprint density at radius 3 is 2.61 bits per heavy atom. The summed E-state index contributed by atoms with van der Waals surface area (Å²) in [6.45, 7) is 2.87. The van der Waals surface area contributed by atoms with Gasteiger partial charge in [0.25, 0.3) is 0 Å². The van der Waals surface area contributed by atoms with Crippen LogP contribution in [0.3, 0.4) is 0 Å². The molecule has 3 rings (SSSR count). The van der Waals surface area contributed by atoms with Crippen molar-refractivity contribution < 1.29 is 9.53 Å². The Morgan fingerprint density at radius 1 is 1.11 bits per heavy atom. The number of methoxy groups -OCH3 is 1. The number of benzene rings is 2. The van der Waals surface area contributed by atoms with E-state index in [-0.39, 0.29) is 5.91 Å². The molecular formula is C21H24N4O2S. The van der Waals surface area contributed by atoms with E-state index in [9.17, 15) is 4.79 Å². The van der Waals surface area contributed by atoms with E-state index in [2.05, 4.69) is 32.2 Å². The van der Waals surface area contributed by atoms with Gasteiger partial charge in [-0.15, -0.1) is 10.2 Å². The molecule has 1 heterocycles. The van der Waals surface area contributed by atoms with Gasteiger partial charge in [-0.2, -0.15) is 0 Å². The van der Waals surface area contributed by atoms with Gasteiger partial charge in [-0.3, -0.25) is 4.79 Å². The van der Waals surface area contributed by atoms with Crippen molar-refractivity contribution in [2.45, 2.75) is 25.0 Å². The Bertz CT molecular complexity index is 912. The number of amides is 1. The molecule has 0 atom stereocenters. The van der Waals surface area contributed by atoms with Crippen molar-refractivity contribution in [1.29, 1.82) is 0 Å². The number of hydrogen-bond donors (Lipinski definition) is 1. The summed E-state index contributed by atoms with van der Waals surface area (Å²) < 4.78 is 7.64. The number of thioether (sulfide) groups is 1. The van der Waals surface area contributed by atoms with Crippen LogP contribution in [0.15, 0.2) is 59.8 Å². The summed E-state index contributed by atoms with van der Waals surface area (Å²) in [4.78, 5) is 11.1. The Balaban J connectivity index is 1.85. The topological polar surface area (TPSA) is 69.0 Å². The number of nitrogens with zero attached hydrogens (tertiary/aromatic N) is 3. The molecule has 146 valence electrons. The lowest BCUT2D eigenvalue weighted by Gasteiger charge is -2.12. The number of carbonyl (C=O) groups excluding carboxylic acids is 1. The van der Waals surface area contributed by atoms with Gasteiger partial charge in [-0.25, -0.2) is 0 Å². The Morgan fingerprint density at radius 2 is 1.86 bits per heavy atom. The molecule has 1 N–H and O–H groups in total. The zero-order chi connectivity index (χ0) is 19.8. The van der Waals surface area contributed by atoms with Gasteiger partial charge >= 0.3 is 0 Å². The normalized spacial score (nSPS) is 10.6. The van der Waals surface area contributed by atoms with Gasteiger partial charge in [0.15, 0.2) is 11.0 Å². The maximum Gasteiger partial charge on any atom is 0.216 e. The summed E-state index contributed by atoms with van der Waals surface area (Å²) in [5.41, 5.74) is 2.18. The molecule has 0 radical (unpaired) electrons. The SMILES string of the molecule is COc1ccccc1-c1nnc(SCCNC(C)=O)n1CCc1ccccc1. The smallest absolute Gasteiger partial charge is 0.216 e. The first-order valence-corrected chi connectivity index (χ1v) is 10.2. The Labute approximate surface area is 169 Å². The highest BCUT2D eigenvalue weighted by Gasteiger charge is 2.17. The van der Waals surface area contributed by atoms with Crippen LogP contribution in [0.5, 0.6) is 5.75 Å². The average molecular weight is 397 g/mol. The Hall–Kier alpha value is -2.80. The van der Waals surface area contributed by atoms with E-state index in [1.54, 1.807) is 18.9 Å². The van der Waals surface area contributed by atoms with Crippen LogP contribution < -0.4 is 10.1 Å². The third-order valence-electron chi connectivity index (χ3n) is 4.24. The minimum Gasteiger partial charge on any atom is -0.496 e. The van der Waals surface area contributed by atoms with Crippen LogP contribution in [-0.4, -0.2) is 40.1 Å². The molecular weight excluding hydrogens is 372 g/mol. The average Bonchev–Trinajstić information content (AvgIpc) is 3.12. The predicted molar refractivity (Wildman–Crippen MR) is 112 cm³/mol. The highest BCUT2D eigenvalue weighted by Crippen LogP contribution is 2.31. The third kappa shape index (κ3) is 5.13. The fourth-order valence-electron chi connectivity index (χ4n) is 2.88. The lowest BCUT2D eigenvalue weighted by molar-refractivity contribution is -0.118. The molecule has 7 heteroatoms. The van der Waals surface area contributed by atoms with Crippen molar-refractivity contribution in [3.05, 3.63) is 60.2 Å². The van der Waals surface area contributed by atoms with Crippen molar-refractivity contribution in [2.75, 3.05) is 19.4 Å². The summed E-state index contributed by atoms with van der Waals surface area (Å²) in [5.74, 6) is 2.26. The van der Waals surface area contributed by atoms with Crippen molar-refractivity contribution in [3.8, 4) is 17.1 Å². The van der Waals surface area contributed by atoms with Crippen LogP contribution in [0.4, 0.5) is 0 Å². The molecule has 1 amide bonds. The summed E-state index contributed by atoms with van der Waals surface area (Å²) in [6, 6.07) is 18.2. The number of aromatic nitrogens is 3. The number of para-hydroxylation sites is 1. The summed E-state index contributed by atoms with van der Waals surface area (Å²) in [6.07, 6.45) is 0.875. The number of carbonyl (C=O) groups is 1. The van der Waals surface area contributed by atoms with Gasteiger partial charge < -0.3 is 14.6 Å². The second-order valence-corrected chi connectivity index (χ2v) is 7.29. The quantitative estimate of drug-likeness (QED) is 0.443. The molecule has 0 aliphatic heterocycles. The standard InChI is InChI=1S/C21H24N4O2S/c1-16(26)22-13-15-28-21-24-23-20(18-10-6-7-11-19(18)27-2)25(21)14-12-17-8-4-3-5-9-17/h3-11H,12-15H2,1-2H3,(H,22,26). The van der Waals surface area contributed by atoms with E-state index in [1.807, 2.05) is 42.5 Å². The van der Waals surface area contributed by atoms with E-state index in [0.29, 0.717) is 6.54 Å². The number of rotatable bonds is 9. The molecule has 0 spiro atoms. The monoisotopic (exact) mass is 396 g/mol. The van der Waals surface area contributed by atoms with Gasteiger partial charge in [-0.05, 0) is 24.1 Å². The molecule has 6 nitrogen and oxygen atoms in total. The van der Waals surface area contributed by atoms with E-state index in [1.165, 1.54) is 12.5 Å².